The summed E-state index contributed by atoms with van der Waals surface area (Å²) in [6.45, 7) is 10.3. The summed E-state index contributed by atoms with van der Waals surface area (Å²) < 4.78 is 7.63. The fraction of sp³-hybridized carbons (Fsp3) is 0.542. The standard InChI is InChI=1S/C24H34N6OS/c1-17(2)7-10-25-8-4-9-26-12-18-5-6-19(11-18)30-14-21(20-13-27-16-28-23(20)30)24-29-22(31-3)15-32-24/h13-16,18-19,25-26H,1,4-12H2,2-3H3/t18-,19+/m1/s1. The molecule has 3 heterocycles. The molecule has 3 aromatic rings. The van der Waals surface area contributed by atoms with E-state index in [-0.39, 0.29) is 0 Å². The topological polar surface area (TPSA) is 76.9 Å². The molecule has 32 heavy (non-hydrogen) atoms. The fourth-order valence-electron chi connectivity index (χ4n) is 4.47. The van der Waals surface area contributed by atoms with Gasteiger partial charge in [0.15, 0.2) is 0 Å². The molecule has 0 radical (unpaired) electrons. The molecule has 2 N–H and O–H groups in total. The van der Waals surface area contributed by atoms with Crippen molar-refractivity contribution in [2.75, 3.05) is 33.3 Å². The van der Waals surface area contributed by atoms with Crippen LogP contribution >= 0.6 is 11.3 Å². The van der Waals surface area contributed by atoms with Gasteiger partial charge in [-0.2, -0.15) is 0 Å². The Hall–Kier alpha value is -2.29. The average molecular weight is 455 g/mol. The van der Waals surface area contributed by atoms with Gasteiger partial charge < -0.3 is 19.9 Å². The average Bonchev–Trinajstić information content (AvgIpc) is 3.53. The Morgan fingerprint density at radius 1 is 1.28 bits per heavy atom. The number of hydrogen-bond donors (Lipinski definition) is 2. The molecule has 8 heteroatoms. The highest BCUT2D eigenvalue weighted by atomic mass is 32.1. The zero-order valence-electron chi connectivity index (χ0n) is 19.1. The van der Waals surface area contributed by atoms with Crippen LogP contribution in [0.25, 0.3) is 21.6 Å². The Morgan fingerprint density at radius 2 is 2.16 bits per heavy atom. The van der Waals surface area contributed by atoms with E-state index in [1.165, 1.54) is 24.8 Å². The van der Waals surface area contributed by atoms with Gasteiger partial charge in [0.1, 0.15) is 17.0 Å². The minimum Gasteiger partial charge on any atom is -0.480 e. The van der Waals surface area contributed by atoms with Crippen molar-refractivity contribution in [3.05, 3.63) is 36.3 Å². The first kappa shape index (κ1) is 22.9. The van der Waals surface area contributed by atoms with Crippen LogP contribution in [0.15, 0.2) is 36.3 Å². The minimum atomic E-state index is 0.471. The highest BCUT2D eigenvalue weighted by Crippen LogP contribution is 2.40. The van der Waals surface area contributed by atoms with E-state index in [0.717, 1.165) is 60.6 Å². The molecule has 0 amide bonds. The first-order valence-corrected chi connectivity index (χ1v) is 12.4. The molecule has 0 aliphatic heterocycles. The third-order valence-electron chi connectivity index (χ3n) is 6.19. The summed E-state index contributed by atoms with van der Waals surface area (Å²) in [5.41, 5.74) is 3.34. The Bertz CT molecular complexity index is 1030. The number of fused-ring (bicyclic) bond motifs is 1. The number of thiazole rings is 1. The van der Waals surface area contributed by atoms with Crippen molar-refractivity contribution in [2.45, 2.75) is 45.1 Å². The predicted octanol–water partition coefficient (Wildman–Crippen LogP) is 4.44. The first-order chi connectivity index (χ1) is 15.7. The van der Waals surface area contributed by atoms with Gasteiger partial charge in [0.05, 0.1) is 12.5 Å². The van der Waals surface area contributed by atoms with Crippen LogP contribution in [0.5, 0.6) is 5.88 Å². The van der Waals surface area contributed by atoms with Gasteiger partial charge in [0.2, 0.25) is 5.88 Å². The van der Waals surface area contributed by atoms with Gasteiger partial charge in [-0.05, 0) is 71.1 Å². The van der Waals surface area contributed by atoms with E-state index in [4.69, 9.17) is 4.74 Å². The molecule has 2 atom stereocenters. The highest BCUT2D eigenvalue weighted by molar-refractivity contribution is 7.13. The van der Waals surface area contributed by atoms with Crippen LogP contribution in [-0.2, 0) is 0 Å². The van der Waals surface area contributed by atoms with Crippen molar-refractivity contribution in [3.8, 4) is 16.5 Å². The number of ether oxygens (including phenoxy) is 1. The SMILES string of the molecule is C=C(C)CCNCCCNC[C@@H]1CC[C@H](n2cc(-c3nc(OC)cs3)c3cncnc32)C1. The van der Waals surface area contributed by atoms with Crippen molar-refractivity contribution in [1.82, 2.24) is 30.2 Å². The number of hydrogen-bond acceptors (Lipinski definition) is 7. The van der Waals surface area contributed by atoms with Gasteiger partial charge in [0, 0.05) is 29.4 Å². The van der Waals surface area contributed by atoms with Gasteiger partial charge in [-0.15, -0.1) is 17.9 Å². The van der Waals surface area contributed by atoms with Crippen LogP contribution in [0.4, 0.5) is 0 Å². The van der Waals surface area contributed by atoms with Crippen molar-refractivity contribution in [2.24, 2.45) is 5.92 Å². The van der Waals surface area contributed by atoms with E-state index in [1.54, 1.807) is 24.8 Å². The van der Waals surface area contributed by atoms with E-state index in [9.17, 15) is 0 Å². The van der Waals surface area contributed by atoms with Crippen LogP contribution < -0.4 is 15.4 Å². The first-order valence-electron chi connectivity index (χ1n) is 11.5. The monoisotopic (exact) mass is 454 g/mol. The molecule has 0 unspecified atom stereocenters. The summed E-state index contributed by atoms with van der Waals surface area (Å²) in [6.07, 6.45) is 11.6. The maximum atomic E-state index is 5.28. The molecule has 0 saturated heterocycles. The number of nitrogens with one attached hydrogen (secondary N) is 2. The lowest BCUT2D eigenvalue weighted by Gasteiger charge is -2.15. The maximum Gasteiger partial charge on any atom is 0.224 e. The van der Waals surface area contributed by atoms with E-state index < -0.39 is 0 Å². The van der Waals surface area contributed by atoms with Gasteiger partial charge in [0.25, 0.3) is 0 Å². The lowest BCUT2D eigenvalue weighted by molar-refractivity contribution is 0.401. The molecule has 1 fully saturated rings. The van der Waals surface area contributed by atoms with Crippen LogP contribution in [0.3, 0.4) is 0 Å². The van der Waals surface area contributed by atoms with Gasteiger partial charge >= 0.3 is 0 Å². The van der Waals surface area contributed by atoms with E-state index >= 15 is 0 Å². The Labute approximate surface area is 194 Å². The smallest absolute Gasteiger partial charge is 0.224 e. The van der Waals surface area contributed by atoms with Crippen molar-refractivity contribution < 1.29 is 4.74 Å². The van der Waals surface area contributed by atoms with Crippen LogP contribution in [0, 0.1) is 5.92 Å². The summed E-state index contributed by atoms with van der Waals surface area (Å²) in [6, 6.07) is 0.471. The number of nitrogens with zero attached hydrogens (tertiary/aromatic N) is 4. The molecule has 1 aliphatic carbocycles. The molecule has 0 aromatic carbocycles. The van der Waals surface area contributed by atoms with Gasteiger partial charge in [-0.1, -0.05) is 5.57 Å². The molecule has 0 bridgehead atoms. The zero-order valence-corrected chi connectivity index (χ0v) is 20.0. The normalized spacial score (nSPS) is 18.4. The maximum absolute atomic E-state index is 5.28. The van der Waals surface area contributed by atoms with E-state index in [2.05, 4.69) is 49.9 Å². The van der Waals surface area contributed by atoms with Crippen molar-refractivity contribution >= 4 is 22.4 Å². The second-order valence-corrected chi connectivity index (χ2v) is 9.61. The molecule has 7 nitrogen and oxygen atoms in total. The third kappa shape index (κ3) is 5.54. The highest BCUT2D eigenvalue weighted by Gasteiger charge is 2.28. The predicted molar refractivity (Wildman–Crippen MR) is 131 cm³/mol. The lowest BCUT2D eigenvalue weighted by atomic mass is 10.1. The Morgan fingerprint density at radius 3 is 2.97 bits per heavy atom. The molecule has 172 valence electrons. The van der Waals surface area contributed by atoms with Gasteiger partial charge in [-0.25, -0.2) is 15.0 Å². The van der Waals surface area contributed by atoms with Crippen LogP contribution in [0.2, 0.25) is 0 Å². The van der Waals surface area contributed by atoms with E-state index in [1.807, 2.05) is 11.6 Å². The molecular formula is C24H34N6OS. The largest absolute Gasteiger partial charge is 0.480 e. The number of rotatable bonds is 12. The Kier molecular flexibility index (Phi) is 7.89. The lowest BCUT2D eigenvalue weighted by Crippen LogP contribution is -2.26. The zero-order chi connectivity index (χ0) is 22.3. The quantitative estimate of drug-likeness (QED) is 0.311. The second-order valence-electron chi connectivity index (χ2n) is 8.75. The molecule has 3 aromatic heterocycles. The van der Waals surface area contributed by atoms with Crippen LogP contribution in [-0.4, -0.2) is 52.8 Å². The Balaban J connectivity index is 1.31. The number of aromatic nitrogens is 4. The molecular weight excluding hydrogens is 420 g/mol. The third-order valence-corrected chi connectivity index (χ3v) is 7.05. The van der Waals surface area contributed by atoms with Crippen molar-refractivity contribution in [1.29, 1.82) is 0 Å². The van der Waals surface area contributed by atoms with E-state index in [0.29, 0.717) is 17.8 Å². The molecule has 1 saturated carbocycles. The summed E-state index contributed by atoms with van der Waals surface area (Å²) in [5.74, 6) is 1.36. The van der Waals surface area contributed by atoms with Gasteiger partial charge in [-0.3, -0.25) is 0 Å². The summed E-state index contributed by atoms with van der Waals surface area (Å²) >= 11 is 1.60. The number of methoxy groups -OCH3 is 1. The second kappa shape index (κ2) is 11.0. The van der Waals surface area contributed by atoms with Crippen LogP contribution in [0.1, 0.15) is 45.1 Å². The minimum absolute atomic E-state index is 0.471. The molecule has 4 rings (SSSR count). The van der Waals surface area contributed by atoms with Crippen molar-refractivity contribution in [3.63, 3.8) is 0 Å². The summed E-state index contributed by atoms with van der Waals surface area (Å²) in [4.78, 5) is 13.5. The fourth-order valence-corrected chi connectivity index (χ4v) is 5.27. The summed E-state index contributed by atoms with van der Waals surface area (Å²) in [7, 11) is 1.65. The molecule has 1 aliphatic rings. The molecule has 0 spiro atoms. The summed E-state index contributed by atoms with van der Waals surface area (Å²) in [5, 5.41) is 11.1.